The van der Waals surface area contributed by atoms with Crippen molar-refractivity contribution in [2.75, 3.05) is 38.8 Å². The van der Waals surface area contributed by atoms with E-state index in [1.54, 1.807) is 23.0 Å². The Kier molecular flexibility index (Phi) is 9.00. The molecule has 1 aliphatic heterocycles. The Morgan fingerprint density at radius 1 is 1.17 bits per heavy atom. The fraction of sp³-hybridized carbons (Fsp3) is 0.667. The van der Waals surface area contributed by atoms with Gasteiger partial charge in [0.15, 0.2) is 0 Å². The molecule has 2 aliphatic rings. The number of esters is 1. The topological polar surface area (TPSA) is 76.2 Å². The van der Waals surface area contributed by atoms with Crippen LogP contribution in [-0.2, 0) is 19.1 Å². The quantitative estimate of drug-likeness (QED) is 0.410. The molecule has 1 saturated heterocycles. The molecule has 8 heteroatoms. The predicted molar refractivity (Wildman–Crippen MR) is 137 cm³/mol. The third kappa shape index (κ3) is 6.65. The van der Waals surface area contributed by atoms with Crippen LogP contribution in [0.15, 0.2) is 6.07 Å². The summed E-state index contributed by atoms with van der Waals surface area (Å²) in [5, 5.41) is 0. The average Bonchev–Trinajstić information content (AvgIpc) is 3.40. The van der Waals surface area contributed by atoms with Crippen molar-refractivity contribution in [3.63, 3.8) is 0 Å². The zero-order valence-corrected chi connectivity index (χ0v) is 22.6. The molecule has 1 aliphatic carbocycles. The van der Waals surface area contributed by atoms with Crippen molar-refractivity contribution in [2.45, 2.75) is 65.8 Å². The lowest BCUT2D eigenvalue weighted by atomic mass is 9.82. The van der Waals surface area contributed by atoms with E-state index in [-0.39, 0.29) is 23.1 Å². The molecule has 35 heavy (non-hydrogen) atoms. The van der Waals surface area contributed by atoms with E-state index in [9.17, 15) is 14.4 Å². The molecule has 2 heterocycles. The average molecular weight is 503 g/mol. The number of nitrogens with zero attached hydrogens (tertiary/aromatic N) is 2. The van der Waals surface area contributed by atoms with Gasteiger partial charge in [-0.25, -0.2) is 4.79 Å². The summed E-state index contributed by atoms with van der Waals surface area (Å²) in [4.78, 5) is 44.5. The molecule has 0 bridgehead atoms. The molecule has 2 fully saturated rings. The van der Waals surface area contributed by atoms with Crippen LogP contribution >= 0.6 is 11.3 Å². The van der Waals surface area contributed by atoms with Crippen molar-refractivity contribution < 1.29 is 23.9 Å². The minimum absolute atomic E-state index is 0.0814. The second-order valence-electron chi connectivity index (χ2n) is 10.6. The number of hydrogen-bond donors (Lipinski definition) is 0. The van der Waals surface area contributed by atoms with E-state index in [0.29, 0.717) is 47.5 Å². The smallest absolute Gasteiger partial charge is 0.350 e. The molecule has 3 rings (SSSR count). The maximum Gasteiger partial charge on any atom is 0.350 e. The van der Waals surface area contributed by atoms with Gasteiger partial charge in [-0.15, -0.1) is 11.3 Å². The summed E-state index contributed by atoms with van der Waals surface area (Å²) in [7, 11) is 2.93. The van der Waals surface area contributed by atoms with Gasteiger partial charge in [0.05, 0.1) is 24.3 Å². The molecule has 1 aromatic heterocycles. The van der Waals surface area contributed by atoms with Crippen LogP contribution in [0.5, 0.6) is 0 Å². The van der Waals surface area contributed by atoms with E-state index in [4.69, 9.17) is 9.47 Å². The van der Waals surface area contributed by atoms with Gasteiger partial charge in [0.2, 0.25) is 11.8 Å². The van der Waals surface area contributed by atoms with Crippen molar-refractivity contribution in [1.82, 2.24) is 4.90 Å². The van der Waals surface area contributed by atoms with E-state index >= 15 is 0 Å². The second-order valence-corrected chi connectivity index (χ2v) is 11.7. The lowest BCUT2D eigenvalue weighted by Gasteiger charge is -2.34. The van der Waals surface area contributed by atoms with Crippen LogP contribution in [0.4, 0.5) is 5.69 Å². The van der Waals surface area contributed by atoms with E-state index < -0.39 is 12.0 Å². The number of carbonyl (C=O) groups excluding carboxylic acids is 3. The summed E-state index contributed by atoms with van der Waals surface area (Å²) in [6.45, 7) is 9.72. The van der Waals surface area contributed by atoms with Gasteiger partial charge in [-0.3, -0.25) is 14.5 Å². The van der Waals surface area contributed by atoms with Crippen LogP contribution in [0, 0.1) is 29.1 Å². The van der Waals surface area contributed by atoms with Crippen LogP contribution in [-0.4, -0.2) is 62.6 Å². The first-order valence-electron chi connectivity index (χ1n) is 12.4. The van der Waals surface area contributed by atoms with Gasteiger partial charge in [0.25, 0.3) is 0 Å². The minimum Gasteiger partial charge on any atom is -0.465 e. The van der Waals surface area contributed by atoms with Crippen molar-refractivity contribution in [1.29, 1.82) is 0 Å². The van der Waals surface area contributed by atoms with E-state index in [1.807, 2.05) is 20.8 Å². The molecular weight excluding hydrogens is 464 g/mol. The van der Waals surface area contributed by atoms with Crippen molar-refractivity contribution >= 4 is 34.8 Å². The molecule has 0 spiro atoms. The number of amides is 2. The van der Waals surface area contributed by atoms with Crippen molar-refractivity contribution in [2.24, 2.45) is 17.3 Å². The minimum atomic E-state index is -0.653. The van der Waals surface area contributed by atoms with Gasteiger partial charge >= 0.3 is 5.97 Å². The summed E-state index contributed by atoms with van der Waals surface area (Å²) in [5.41, 5.74) is 0.225. The SMILES string of the molecule is COCCN1CCC(N(C(=O)C2CCC(C)CC2)c2cc(C#CC(C)(C)C)sc2C(=O)OC)C1=O. The van der Waals surface area contributed by atoms with Gasteiger partial charge in [0, 0.05) is 31.5 Å². The molecule has 192 valence electrons. The van der Waals surface area contributed by atoms with E-state index in [0.717, 1.165) is 25.7 Å². The molecular formula is C27H38N2O5S. The Labute approximate surface area is 213 Å². The summed E-state index contributed by atoms with van der Waals surface area (Å²) in [5.74, 6) is 6.07. The van der Waals surface area contributed by atoms with Gasteiger partial charge in [-0.05, 0) is 64.9 Å². The van der Waals surface area contributed by atoms with Gasteiger partial charge in [-0.2, -0.15) is 0 Å². The van der Waals surface area contributed by atoms with Gasteiger partial charge in [0.1, 0.15) is 10.9 Å². The molecule has 0 N–H and O–H groups in total. The standard InChI is InChI=1S/C27H38N2O5S/c1-18-7-9-19(10-8-18)24(30)29(21-12-14-28(25(21)31)15-16-33-5)22-17-20(11-13-27(2,3)4)35-23(22)26(32)34-6/h17-19,21H,7-10,12,14-16H2,1-6H3. The number of thiophene rings is 1. The summed E-state index contributed by atoms with van der Waals surface area (Å²) >= 11 is 1.21. The molecule has 1 aromatic rings. The number of ether oxygens (including phenoxy) is 2. The van der Waals surface area contributed by atoms with Crippen molar-refractivity contribution in [3.05, 3.63) is 15.8 Å². The number of likely N-dealkylation sites (tertiary alicyclic amines) is 1. The first kappa shape index (κ1) is 27.2. The van der Waals surface area contributed by atoms with Crippen LogP contribution in [0.3, 0.4) is 0 Å². The highest BCUT2D eigenvalue weighted by atomic mass is 32.1. The zero-order chi connectivity index (χ0) is 25.8. The largest absolute Gasteiger partial charge is 0.465 e. The fourth-order valence-corrected chi connectivity index (χ4v) is 5.56. The molecule has 7 nitrogen and oxygen atoms in total. The summed E-state index contributed by atoms with van der Waals surface area (Å²) < 4.78 is 10.2. The first-order valence-corrected chi connectivity index (χ1v) is 13.2. The lowest BCUT2D eigenvalue weighted by Crippen LogP contribution is -2.49. The van der Waals surface area contributed by atoms with Crippen LogP contribution in [0.25, 0.3) is 0 Å². The Balaban J connectivity index is 2.05. The highest BCUT2D eigenvalue weighted by Crippen LogP contribution is 2.38. The Morgan fingerprint density at radius 3 is 2.46 bits per heavy atom. The maximum absolute atomic E-state index is 14.0. The van der Waals surface area contributed by atoms with Crippen molar-refractivity contribution in [3.8, 4) is 11.8 Å². The number of anilines is 1. The summed E-state index contributed by atoms with van der Waals surface area (Å²) in [6, 6.07) is 1.13. The fourth-order valence-electron chi connectivity index (χ4n) is 4.64. The van der Waals surface area contributed by atoms with Gasteiger partial charge in [-0.1, -0.05) is 18.8 Å². The third-order valence-electron chi connectivity index (χ3n) is 6.65. The highest BCUT2D eigenvalue weighted by Gasteiger charge is 2.43. The predicted octanol–water partition coefficient (Wildman–Crippen LogP) is 4.34. The monoisotopic (exact) mass is 502 g/mol. The molecule has 1 saturated carbocycles. The third-order valence-corrected chi connectivity index (χ3v) is 7.67. The lowest BCUT2D eigenvalue weighted by molar-refractivity contribution is -0.132. The van der Waals surface area contributed by atoms with Gasteiger partial charge < -0.3 is 14.4 Å². The van der Waals surface area contributed by atoms with Crippen LogP contribution < -0.4 is 4.90 Å². The summed E-state index contributed by atoms with van der Waals surface area (Å²) in [6.07, 6.45) is 4.06. The molecule has 0 aromatic carbocycles. The molecule has 2 amide bonds. The Hall–Kier alpha value is -2.37. The van der Waals surface area contributed by atoms with E-state index in [2.05, 4.69) is 18.8 Å². The highest BCUT2D eigenvalue weighted by molar-refractivity contribution is 7.15. The van der Waals surface area contributed by atoms with E-state index in [1.165, 1.54) is 18.4 Å². The Bertz CT molecular complexity index is 991. The molecule has 1 atom stereocenters. The first-order chi connectivity index (χ1) is 16.6. The molecule has 0 radical (unpaired) electrons. The number of hydrogen-bond acceptors (Lipinski definition) is 6. The number of rotatable bonds is 7. The normalized spacial score (nSPS) is 22.5. The second kappa shape index (κ2) is 11.6. The van der Waals surface area contributed by atoms with Crippen LogP contribution in [0.1, 0.15) is 74.3 Å². The molecule has 1 unspecified atom stereocenters. The van der Waals surface area contributed by atoms with Crippen LogP contribution in [0.2, 0.25) is 0 Å². The maximum atomic E-state index is 14.0. The number of carbonyl (C=O) groups is 3. The number of methoxy groups -OCH3 is 2. The zero-order valence-electron chi connectivity index (χ0n) is 21.8. The Morgan fingerprint density at radius 2 is 1.86 bits per heavy atom.